The summed E-state index contributed by atoms with van der Waals surface area (Å²) in [6, 6.07) is 8.18. The fraction of sp³-hybridized carbons (Fsp3) is 0.308. The van der Waals surface area contributed by atoms with Gasteiger partial charge in [0.05, 0.1) is 18.0 Å². The molecule has 0 amide bonds. The lowest BCUT2D eigenvalue weighted by Gasteiger charge is -2.47. The maximum Gasteiger partial charge on any atom is 0.0953 e. The minimum atomic E-state index is -0.218. The standard InChI is InChI=1S/C13H13BrN2O/c14-12-4-2-1-3-11(12)13(7-10(17)8-13)16-6-5-15-9-16/h1-6,9-10,17H,7-8H2. The second-order valence-corrected chi connectivity index (χ2v) is 5.40. The molecule has 0 bridgehead atoms. The quantitative estimate of drug-likeness (QED) is 0.924. The van der Waals surface area contributed by atoms with E-state index in [4.69, 9.17) is 0 Å². The topological polar surface area (TPSA) is 38.0 Å². The van der Waals surface area contributed by atoms with Gasteiger partial charge in [-0.3, -0.25) is 0 Å². The lowest BCUT2D eigenvalue weighted by molar-refractivity contribution is 0.00128. The molecule has 0 radical (unpaired) electrons. The van der Waals surface area contributed by atoms with Gasteiger partial charge in [-0.05, 0) is 11.6 Å². The van der Waals surface area contributed by atoms with Crippen molar-refractivity contribution < 1.29 is 5.11 Å². The van der Waals surface area contributed by atoms with Crippen LogP contribution in [-0.2, 0) is 5.54 Å². The molecule has 3 nitrogen and oxygen atoms in total. The predicted octanol–water partition coefficient (Wildman–Crippen LogP) is 2.54. The van der Waals surface area contributed by atoms with Crippen molar-refractivity contribution in [3.05, 3.63) is 53.0 Å². The molecule has 1 saturated carbocycles. The molecule has 1 N–H and O–H groups in total. The Morgan fingerprint density at radius 3 is 2.71 bits per heavy atom. The van der Waals surface area contributed by atoms with Gasteiger partial charge in [-0.1, -0.05) is 34.1 Å². The van der Waals surface area contributed by atoms with E-state index in [2.05, 4.69) is 31.5 Å². The summed E-state index contributed by atoms with van der Waals surface area (Å²) in [5.41, 5.74) is 1.07. The third-order valence-electron chi connectivity index (χ3n) is 3.52. The van der Waals surface area contributed by atoms with Crippen molar-refractivity contribution in [2.24, 2.45) is 0 Å². The van der Waals surface area contributed by atoms with E-state index in [-0.39, 0.29) is 11.6 Å². The summed E-state index contributed by atoms with van der Waals surface area (Å²) >= 11 is 3.60. The molecule has 1 fully saturated rings. The van der Waals surface area contributed by atoms with E-state index in [0.29, 0.717) is 0 Å². The van der Waals surface area contributed by atoms with Crippen molar-refractivity contribution >= 4 is 15.9 Å². The minimum Gasteiger partial charge on any atom is -0.393 e. The van der Waals surface area contributed by atoms with Crippen LogP contribution >= 0.6 is 15.9 Å². The van der Waals surface area contributed by atoms with Gasteiger partial charge in [-0.2, -0.15) is 0 Å². The second kappa shape index (κ2) is 3.96. The number of hydrogen-bond donors (Lipinski definition) is 1. The number of nitrogens with zero attached hydrogens (tertiary/aromatic N) is 2. The zero-order valence-corrected chi connectivity index (χ0v) is 10.8. The summed E-state index contributed by atoms with van der Waals surface area (Å²) in [7, 11) is 0. The van der Waals surface area contributed by atoms with Crippen molar-refractivity contribution in [1.29, 1.82) is 0 Å². The van der Waals surface area contributed by atoms with Gasteiger partial charge in [0.2, 0.25) is 0 Å². The van der Waals surface area contributed by atoms with E-state index >= 15 is 0 Å². The molecule has 1 aliphatic rings. The van der Waals surface area contributed by atoms with Crippen molar-refractivity contribution in [3.63, 3.8) is 0 Å². The molecular weight excluding hydrogens is 280 g/mol. The molecule has 3 rings (SSSR count). The highest BCUT2D eigenvalue weighted by Gasteiger charge is 2.47. The maximum atomic E-state index is 9.69. The smallest absolute Gasteiger partial charge is 0.0953 e. The van der Waals surface area contributed by atoms with Crippen LogP contribution in [0, 0.1) is 0 Å². The maximum absolute atomic E-state index is 9.69. The van der Waals surface area contributed by atoms with Crippen LogP contribution in [0.4, 0.5) is 0 Å². The molecule has 1 heterocycles. The molecule has 2 aromatic rings. The van der Waals surface area contributed by atoms with E-state index < -0.39 is 0 Å². The molecule has 0 saturated heterocycles. The second-order valence-electron chi connectivity index (χ2n) is 4.54. The Hall–Kier alpha value is -1.13. The van der Waals surface area contributed by atoms with Gasteiger partial charge in [0.1, 0.15) is 0 Å². The van der Waals surface area contributed by atoms with Crippen LogP contribution in [0.1, 0.15) is 18.4 Å². The fourth-order valence-corrected chi connectivity index (χ4v) is 3.29. The normalized spacial score (nSPS) is 27.8. The van der Waals surface area contributed by atoms with Crippen LogP contribution < -0.4 is 0 Å². The first-order valence-electron chi connectivity index (χ1n) is 5.64. The van der Waals surface area contributed by atoms with Gasteiger partial charge >= 0.3 is 0 Å². The van der Waals surface area contributed by atoms with Crippen LogP contribution in [0.2, 0.25) is 0 Å². The van der Waals surface area contributed by atoms with Crippen molar-refractivity contribution in [3.8, 4) is 0 Å². The van der Waals surface area contributed by atoms with E-state index in [1.54, 1.807) is 6.20 Å². The molecule has 0 atom stereocenters. The van der Waals surface area contributed by atoms with E-state index in [9.17, 15) is 5.11 Å². The molecule has 0 spiro atoms. The summed E-state index contributed by atoms with van der Waals surface area (Å²) < 4.78 is 3.18. The van der Waals surface area contributed by atoms with Crippen molar-refractivity contribution in [1.82, 2.24) is 9.55 Å². The van der Waals surface area contributed by atoms with Gasteiger partial charge < -0.3 is 9.67 Å². The zero-order chi connectivity index (χ0) is 11.9. The Balaban J connectivity index is 2.11. The van der Waals surface area contributed by atoms with Crippen LogP contribution in [0.5, 0.6) is 0 Å². The van der Waals surface area contributed by atoms with Crippen molar-refractivity contribution in [2.75, 3.05) is 0 Å². The van der Waals surface area contributed by atoms with Crippen molar-refractivity contribution in [2.45, 2.75) is 24.5 Å². The summed E-state index contributed by atoms with van der Waals surface area (Å²) in [4.78, 5) is 4.12. The van der Waals surface area contributed by atoms with Gasteiger partial charge in [0, 0.05) is 29.7 Å². The molecule has 1 aromatic heterocycles. The Morgan fingerprint density at radius 1 is 1.35 bits per heavy atom. The Labute approximate surface area is 108 Å². The van der Waals surface area contributed by atoms with Gasteiger partial charge in [-0.25, -0.2) is 4.98 Å². The fourth-order valence-electron chi connectivity index (χ4n) is 2.64. The average Bonchev–Trinajstić information content (AvgIpc) is 2.79. The Bertz CT molecular complexity index is 518. The van der Waals surface area contributed by atoms with Gasteiger partial charge in [0.15, 0.2) is 0 Å². The largest absolute Gasteiger partial charge is 0.393 e. The first-order valence-corrected chi connectivity index (χ1v) is 6.43. The van der Waals surface area contributed by atoms with Gasteiger partial charge in [0.25, 0.3) is 0 Å². The molecule has 1 aromatic carbocycles. The SMILES string of the molecule is OC1CC(c2ccccc2Br)(n2ccnc2)C1. The number of rotatable bonds is 2. The summed E-state index contributed by atoms with van der Waals surface area (Å²) in [6.07, 6.45) is 6.84. The number of aliphatic hydroxyl groups is 1. The summed E-state index contributed by atoms with van der Waals surface area (Å²) in [5.74, 6) is 0. The van der Waals surface area contributed by atoms with Crippen LogP contribution in [0.25, 0.3) is 0 Å². The summed E-state index contributed by atoms with van der Waals surface area (Å²) in [6.45, 7) is 0. The highest BCUT2D eigenvalue weighted by Crippen LogP contribution is 2.47. The number of aromatic nitrogens is 2. The number of aliphatic hydroxyl groups excluding tert-OH is 1. The highest BCUT2D eigenvalue weighted by molar-refractivity contribution is 9.10. The third-order valence-corrected chi connectivity index (χ3v) is 4.21. The number of halogens is 1. The Morgan fingerprint density at radius 2 is 2.12 bits per heavy atom. The number of benzene rings is 1. The lowest BCUT2D eigenvalue weighted by atomic mass is 9.69. The Kier molecular flexibility index (Phi) is 2.56. The van der Waals surface area contributed by atoms with Crippen LogP contribution in [-0.4, -0.2) is 20.8 Å². The molecule has 1 aliphatic carbocycles. The summed E-state index contributed by atoms with van der Waals surface area (Å²) in [5, 5.41) is 9.69. The van der Waals surface area contributed by atoms with Crippen LogP contribution in [0.3, 0.4) is 0 Å². The monoisotopic (exact) mass is 292 g/mol. The first kappa shape index (κ1) is 11.0. The van der Waals surface area contributed by atoms with Crippen LogP contribution in [0.15, 0.2) is 47.5 Å². The molecule has 0 aliphatic heterocycles. The minimum absolute atomic E-state index is 0.143. The van der Waals surface area contributed by atoms with E-state index in [1.165, 1.54) is 5.56 Å². The molecule has 0 unspecified atom stereocenters. The number of hydrogen-bond acceptors (Lipinski definition) is 2. The predicted molar refractivity (Wildman–Crippen MR) is 68.7 cm³/mol. The van der Waals surface area contributed by atoms with E-state index in [1.807, 2.05) is 30.7 Å². The molecule has 17 heavy (non-hydrogen) atoms. The van der Waals surface area contributed by atoms with Gasteiger partial charge in [-0.15, -0.1) is 0 Å². The number of imidazole rings is 1. The molecule has 4 heteroatoms. The first-order chi connectivity index (χ1) is 8.22. The average molecular weight is 293 g/mol. The molecule has 88 valence electrons. The zero-order valence-electron chi connectivity index (χ0n) is 9.25. The lowest BCUT2D eigenvalue weighted by Crippen LogP contribution is -2.49. The highest BCUT2D eigenvalue weighted by atomic mass is 79.9. The third kappa shape index (κ3) is 1.63. The molecular formula is C13H13BrN2O. The van der Waals surface area contributed by atoms with E-state index in [0.717, 1.165) is 17.3 Å².